The molecule has 0 rings (SSSR count). The fourth-order valence-corrected chi connectivity index (χ4v) is 2.16. The molecule has 1 amide bonds. The normalized spacial score (nSPS) is 13.5. The topological polar surface area (TPSA) is 71.4 Å². The van der Waals surface area contributed by atoms with Crippen molar-refractivity contribution in [1.29, 1.82) is 5.26 Å². The smallest absolute Gasteiger partial charge is 0.220 e. The molecule has 140 valence electrons. The van der Waals surface area contributed by atoms with E-state index < -0.39 is 16.6 Å². The van der Waals surface area contributed by atoms with Crippen LogP contribution < -0.4 is 5.32 Å². The third-order valence-electron chi connectivity index (χ3n) is 3.38. The number of carbonyl (C=O) groups is 1. The average Bonchev–Trinajstić information content (AvgIpc) is 2.39. The van der Waals surface area contributed by atoms with Crippen LogP contribution in [0, 0.1) is 16.7 Å². The molecule has 0 aromatic carbocycles. The van der Waals surface area contributed by atoms with Crippen LogP contribution in [0.1, 0.15) is 75.2 Å². The number of nitrogens with zero attached hydrogens (tertiary/aromatic N) is 1. The number of hydrogen-bond donors (Lipinski definition) is 1. The van der Waals surface area contributed by atoms with Crippen LogP contribution in [0.5, 0.6) is 0 Å². The van der Waals surface area contributed by atoms with Crippen molar-refractivity contribution in [2.24, 2.45) is 5.41 Å². The van der Waals surface area contributed by atoms with Crippen LogP contribution in [0.3, 0.4) is 0 Å². The maximum atomic E-state index is 11.9. The molecule has 0 saturated heterocycles. The third-order valence-corrected chi connectivity index (χ3v) is 3.38. The van der Waals surface area contributed by atoms with Crippen LogP contribution in [-0.4, -0.2) is 35.9 Å². The Balaban J connectivity index is 4.31. The van der Waals surface area contributed by atoms with Crippen LogP contribution >= 0.6 is 0 Å². The Labute approximate surface area is 148 Å². The highest BCUT2D eigenvalue weighted by Gasteiger charge is 2.29. The molecule has 0 atom stereocenters. The first-order valence-corrected chi connectivity index (χ1v) is 8.60. The van der Waals surface area contributed by atoms with Crippen molar-refractivity contribution in [3.8, 4) is 6.07 Å². The van der Waals surface area contributed by atoms with E-state index >= 15 is 0 Å². The highest BCUT2D eigenvalue weighted by atomic mass is 16.6. The molecule has 0 aliphatic heterocycles. The zero-order valence-corrected chi connectivity index (χ0v) is 17.0. The van der Waals surface area contributed by atoms with Gasteiger partial charge in [-0.15, -0.1) is 0 Å². The Kier molecular flexibility index (Phi) is 7.92. The van der Waals surface area contributed by atoms with Crippen molar-refractivity contribution >= 4 is 5.91 Å². The van der Waals surface area contributed by atoms with Gasteiger partial charge >= 0.3 is 0 Å². The Hall–Kier alpha value is -1.12. The van der Waals surface area contributed by atoms with E-state index in [1.165, 1.54) is 0 Å². The predicted molar refractivity (Wildman–Crippen MR) is 96.6 cm³/mol. The summed E-state index contributed by atoms with van der Waals surface area (Å²) in [6.45, 7) is 18.5. The molecule has 0 unspecified atom stereocenters. The third kappa shape index (κ3) is 11.4. The molecular weight excluding hydrogens is 304 g/mol. The second kappa shape index (κ2) is 8.31. The maximum Gasteiger partial charge on any atom is 0.220 e. The molecule has 5 nitrogen and oxygen atoms in total. The number of carbonyl (C=O) groups excluding carboxylic acids is 1. The minimum absolute atomic E-state index is 0.0554. The molecule has 5 heteroatoms. The molecule has 0 aromatic rings. The summed E-state index contributed by atoms with van der Waals surface area (Å²) in [5.41, 5.74) is -1.61. The van der Waals surface area contributed by atoms with Crippen molar-refractivity contribution in [3.05, 3.63) is 0 Å². The fourth-order valence-electron chi connectivity index (χ4n) is 2.16. The molecule has 0 radical (unpaired) electrons. The number of amides is 1. The highest BCUT2D eigenvalue weighted by molar-refractivity contribution is 5.76. The van der Waals surface area contributed by atoms with Gasteiger partial charge in [-0.3, -0.25) is 4.79 Å². The van der Waals surface area contributed by atoms with Gasteiger partial charge in [0, 0.05) is 13.0 Å². The van der Waals surface area contributed by atoms with Crippen molar-refractivity contribution in [2.75, 3.05) is 13.2 Å². The molecule has 1 N–H and O–H groups in total. The first-order valence-electron chi connectivity index (χ1n) is 8.60. The predicted octanol–water partition coefficient (Wildman–Crippen LogP) is 3.82. The summed E-state index contributed by atoms with van der Waals surface area (Å²) in [6.07, 6.45) is 0.887. The van der Waals surface area contributed by atoms with E-state index in [0.29, 0.717) is 26.0 Å². The lowest BCUT2D eigenvalue weighted by molar-refractivity contribution is -0.166. The van der Waals surface area contributed by atoms with Crippen molar-refractivity contribution in [3.63, 3.8) is 0 Å². The molecule has 0 heterocycles. The standard InChI is InChI=1S/C19H36N2O3/c1-16(2,3)24-19(8,9)14-23-18(6,7)13-21-15(22)10-11-17(4,5)12-20/h10-11,13-14H2,1-9H3,(H,21,22). The Bertz CT molecular complexity index is 454. The minimum atomic E-state index is -0.487. The van der Waals surface area contributed by atoms with Crippen LogP contribution in [0.15, 0.2) is 0 Å². The summed E-state index contributed by atoms with van der Waals surface area (Å²) >= 11 is 0. The zero-order chi connectivity index (χ0) is 19.2. The molecular formula is C19H36N2O3. The molecule has 0 spiro atoms. The van der Waals surface area contributed by atoms with Gasteiger partial charge in [-0.05, 0) is 68.7 Å². The van der Waals surface area contributed by atoms with Gasteiger partial charge in [-0.2, -0.15) is 5.26 Å². The molecule has 0 aromatic heterocycles. The molecule has 24 heavy (non-hydrogen) atoms. The van der Waals surface area contributed by atoms with Crippen LogP contribution in [0.2, 0.25) is 0 Å². The van der Waals surface area contributed by atoms with Gasteiger partial charge in [0.25, 0.3) is 0 Å². The van der Waals surface area contributed by atoms with E-state index in [-0.39, 0.29) is 11.5 Å². The number of hydrogen-bond acceptors (Lipinski definition) is 4. The molecule has 0 aliphatic rings. The van der Waals surface area contributed by atoms with Crippen molar-refractivity contribution < 1.29 is 14.3 Å². The maximum absolute atomic E-state index is 11.9. The summed E-state index contributed by atoms with van der Waals surface area (Å²) in [6, 6.07) is 2.21. The van der Waals surface area contributed by atoms with Gasteiger partial charge in [0.1, 0.15) is 0 Å². The Morgan fingerprint density at radius 3 is 2.00 bits per heavy atom. The zero-order valence-electron chi connectivity index (χ0n) is 17.0. The van der Waals surface area contributed by atoms with Gasteiger partial charge in [-0.25, -0.2) is 0 Å². The van der Waals surface area contributed by atoms with Gasteiger partial charge in [0.05, 0.1) is 34.9 Å². The second-order valence-corrected chi connectivity index (χ2v) is 9.29. The molecule has 0 aliphatic carbocycles. The quantitative estimate of drug-likeness (QED) is 0.692. The van der Waals surface area contributed by atoms with Gasteiger partial charge in [0.15, 0.2) is 0 Å². The lowest BCUT2D eigenvalue weighted by Gasteiger charge is -2.36. The number of nitrogens with one attached hydrogen (secondary N) is 1. The van der Waals surface area contributed by atoms with Gasteiger partial charge in [-0.1, -0.05) is 0 Å². The largest absolute Gasteiger partial charge is 0.371 e. The molecule has 0 fully saturated rings. The van der Waals surface area contributed by atoms with Crippen LogP contribution in [-0.2, 0) is 14.3 Å². The summed E-state index contributed by atoms with van der Waals surface area (Å²) < 4.78 is 12.0. The van der Waals surface area contributed by atoms with Gasteiger partial charge < -0.3 is 14.8 Å². The minimum Gasteiger partial charge on any atom is -0.371 e. The number of nitriles is 1. The first kappa shape index (κ1) is 22.9. The lowest BCUT2D eigenvalue weighted by Crippen LogP contribution is -2.45. The Morgan fingerprint density at radius 2 is 1.54 bits per heavy atom. The van der Waals surface area contributed by atoms with Gasteiger partial charge in [0.2, 0.25) is 5.91 Å². The van der Waals surface area contributed by atoms with E-state index in [0.717, 1.165) is 0 Å². The van der Waals surface area contributed by atoms with E-state index in [1.54, 1.807) is 0 Å². The highest BCUT2D eigenvalue weighted by Crippen LogP contribution is 2.23. The molecule has 0 bridgehead atoms. The van der Waals surface area contributed by atoms with E-state index in [2.05, 4.69) is 11.4 Å². The summed E-state index contributed by atoms with van der Waals surface area (Å²) in [5, 5.41) is 11.9. The van der Waals surface area contributed by atoms with E-state index in [1.807, 2.05) is 62.3 Å². The first-order chi connectivity index (χ1) is 10.6. The van der Waals surface area contributed by atoms with Crippen molar-refractivity contribution in [2.45, 2.75) is 92.0 Å². The SMILES string of the molecule is CC(C)(C#N)CCC(=O)NCC(C)(C)OCC(C)(C)OC(C)(C)C. The van der Waals surface area contributed by atoms with Crippen LogP contribution in [0.25, 0.3) is 0 Å². The summed E-state index contributed by atoms with van der Waals surface area (Å²) in [7, 11) is 0. The summed E-state index contributed by atoms with van der Waals surface area (Å²) in [5.74, 6) is -0.0554. The average molecular weight is 341 g/mol. The summed E-state index contributed by atoms with van der Waals surface area (Å²) in [4.78, 5) is 11.9. The second-order valence-electron chi connectivity index (χ2n) is 9.29. The number of ether oxygens (including phenoxy) is 2. The van der Waals surface area contributed by atoms with Crippen LogP contribution in [0.4, 0.5) is 0 Å². The number of rotatable bonds is 9. The van der Waals surface area contributed by atoms with E-state index in [4.69, 9.17) is 14.7 Å². The molecule has 0 saturated carbocycles. The lowest BCUT2D eigenvalue weighted by atomic mass is 9.90. The Morgan fingerprint density at radius 1 is 1.00 bits per heavy atom. The monoisotopic (exact) mass is 340 g/mol. The van der Waals surface area contributed by atoms with E-state index in [9.17, 15) is 4.79 Å². The van der Waals surface area contributed by atoms with Crippen molar-refractivity contribution in [1.82, 2.24) is 5.32 Å². The fraction of sp³-hybridized carbons (Fsp3) is 0.895.